The molecule has 9 heteroatoms. The zero-order valence-electron chi connectivity index (χ0n) is 10.3. The number of hydrogen-bond donors (Lipinski definition) is 4. The molecule has 0 radical (unpaired) electrons. The molecule has 0 aliphatic carbocycles. The Kier molecular flexibility index (Phi) is 3.89. The lowest BCUT2D eigenvalue weighted by Gasteiger charge is -2.07. The molecule has 0 spiro atoms. The Morgan fingerprint density at radius 2 is 2.10 bits per heavy atom. The molecule has 2 rings (SSSR count). The Morgan fingerprint density at radius 1 is 1.40 bits per heavy atom. The van der Waals surface area contributed by atoms with Crippen molar-refractivity contribution in [2.45, 2.75) is 11.3 Å². The van der Waals surface area contributed by atoms with Crippen LogP contribution < -0.4 is 10.5 Å². The first-order valence-corrected chi connectivity index (χ1v) is 7.06. The number of anilines is 1. The maximum Gasteiger partial charge on any atom is 0.265 e. The van der Waals surface area contributed by atoms with E-state index in [1.165, 1.54) is 12.4 Å². The van der Waals surface area contributed by atoms with E-state index in [0.29, 0.717) is 5.69 Å². The first-order chi connectivity index (χ1) is 9.51. The number of rotatable bonds is 5. The molecule has 0 saturated heterocycles. The maximum atomic E-state index is 11.9. The van der Waals surface area contributed by atoms with E-state index < -0.39 is 10.0 Å². The van der Waals surface area contributed by atoms with Crippen LogP contribution in [0.15, 0.2) is 46.7 Å². The van der Waals surface area contributed by atoms with E-state index in [9.17, 15) is 8.42 Å². The Balaban J connectivity index is 2.12. The third-order valence-corrected chi connectivity index (χ3v) is 3.85. The summed E-state index contributed by atoms with van der Waals surface area (Å²) in [4.78, 5) is 0.0539. The summed E-state index contributed by atoms with van der Waals surface area (Å²) in [5.74, 6) is 0.0803. The first kappa shape index (κ1) is 13.9. The van der Waals surface area contributed by atoms with Crippen LogP contribution in [0.1, 0.15) is 5.56 Å². The van der Waals surface area contributed by atoms with Crippen LogP contribution >= 0.6 is 0 Å². The molecule has 5 N–H and O–H groups in total. The van der Waals surface area contributed by atoms with Crippen molar-refractivity contribution in [2.24, 2.45) is 10.9 Å². The zero-order valence-corrected chi connectivity index (χ0v) is 11.1. The van der Waals surface area contributed by atoms with Crippen molar-refractivity contribution in [2.75, 3.05) is 4.72 Å². The molecule has 0 saturated carbocycles. The lowest BCUT2D eigenvalue weighted by Crippen LogP contribution is -2.15. The molecule has 20 heavy (non-hydrogen) atoms. The molecule has 0 unspecified atom stereocenters. The van der Waals surface area contributed by atoms with E-state index in [2.05, 4.69) is 20.1 Å². The normalized spacial score (nSPS) is 12.3. The van der Waals surface area contributed by atoms with Gasteiger partial charge in [-0.25, -0.2) is 8.42 Å². The van der Waals surface area contributed by atoms with Gasteiger partial charge in [-0.3, -0.25) is 9.82 Å². The second kappa shape index (κ2) is 5.61. The Labute approximate surface area is 115 Å². The number of sulfonamides is 1. The maximum absolute atomic E-state index is 11.9. The molecule has 8 nitrogen and oxygen atoms in total. The van der Waals surface area contributed by atoms with Crippen molar-refractivity contribution in [3.8, 4) is 0 Å². The topological polar surface area (TPSA) is 133 Å². The van der Waals surface area contributed by atoms with Gasteiger partial charge in [-0.1, -0.05) is 17.3 Å². The summed E-state index contributed by atoms with van der Waals surface area (Å²) in [6.07, 6.45) is 2.79. The predicted molar refractivity (Wildman–Crippen MR) is 73.0 cm³/mol. The number of H-pyrrole nitrogens is 1. The standard InChI is InChI=1S/C11H13N5O3S/c12-11(15-17)5-8-1-3-9(4-2-8)16-20(18,19)10-6-13-14-7-10/h1-4,6-7,16-17H,5H2,(H2,12,15)(H,13,14). The minimum atomic E-state index is -3.64. The second-order valence-electron chi connectivity index (χ2n) is 4.00. The molecule has 2 aromatic rings. The molecule has 0 amide bonds. The number of aromatic amines is 1. The highest BCUT2D eigenvalue weighted by Crippen LogP contribution is 2.15. The highest BCUT2D eigenvalue weighted by atomic mass is 32.2. The van der Waals surface area contributed by atoms with Gasteiger partial charge in [0.25, 0.3) is 10.0 Å². The van der Waals surface area contributed by atoms with Gasteiger partial charge in [0, 0.05) is 18.3 Å². The van der Waals surface area contributed by atoms with E-state index in [0.717, 1.165) is 5.56 Å². The van der Waals surface area contributed by atoms with Gasteiger partial charge in [0.2, 0.25) is 0 Å². The number of hydrogen-bond acceptors (Lipinski definition) is 5. The number of nitrogens with one attached hydrogen (secondary N) is 2. The number of amidine groups is 1. The van der Waals surface area contributed by atoms with Gasteiger partial charge >= 0.3 is 0 Å². The van der Waals surface area contributed by atoms with E-state index in [1.807, 2.05) is 0 Å². The predicted octanol–water partition coefficient (Wildman–Crippen LogP) is 0.499. The summed E-state index contributed by atoms with van der Waals surface area (Å²) in [5.41, 5.74) is 6.60. The lowest BCUT2D eigenvalue weighted by atomic mass is 10.1. The molecule has 0 bridgehead atoms. The third kappa shape index (κ3) is 3.26. The molecule has 0 aliphatic heterocycles. The summed E-state index contributed by atoms with van der Waals surface area (Å²) < 4.78 is 26.3. The van der Waals surface area contributed by atoms with E-state index >= 15 is 0 Å². The van der Waals surface area contributed by atoms with Gasteiger partial charge in [-0.05, 0) is 17.7 Å². The molecule has 1 aromatic heterocycles. The van der Waals surface area contributed by atoms with E-state index in [-0.39, 0.29) is 17.2 Å². The van der Waals surface area contributed by atoms with Crippen molar-refractivity contribution in [1.82, 2.24) is 10.2 Å². The second-order valence-corrected chi connectivity index (χ2v) is 5.69. The van der Waals surface area contributed by atoms with E-state index in [1.54, 1.807) is 24.3 Å². The summed E-state index contributed by atoms with van der Waals surface area (Å²) in [7, 11) is -3.64. The van der Waals surface area contributed by atoms with Crippen LogP contribution in [0.3, 0.4) is 0 Å². The quantitative estimate of drug-likeness (QED) is 0.276. The number of nitrogens with zero attached hydrogens (tertiary/aromatic N) is 2. The van der Waals surface area contributed by atoms with Crippen LogP contribution in [0.4, 0.5) is 5.69 Å². The molecular formula is C11H13N5O3S. The fourth-order valence-electron chi connectivity index (χ4n) is 1.54. The van der Waals surface area contributed by atoms with Gasteiger partial charge in [-0.15, -0.1) is 0 Å². The van der Waals surface area contributed by atoms with Crippen LogP contribution in [0.2, 0.25) is 0 Å². The largest absolute Gasteiger partial charge is 0.409 e. The summed E-state index contributed by atoms with van der Waals surface area (Å²) >= 11 is 0. The SMILES string of the molecule is NC(Cc1ccc(NS(=O)(=O)c2cn[nH]c2)cc1)=NO. The molecule has 0 fully saturated rings. The van der Waals surface area contributed by atoms with Crippen LogP contribution in [-0.2, 0) is 16.4 Å². The molecule has 1 heterocycles. The van der Waals surface area contributed by atoms with Crippen molar-refractivity contribution in [1.29, 1.82) is 0 Å². The minimum Gasteiger partial charge on any atom is -0.409 e. The Hall–Kier alpha value is -2.55. The van der Waals surface area contributed by atoms with Crippen LogP contribution in [0.5, 0.6) is 0 Å². The van der Waals surface area contributed by atoms with Crippen LogP contribution in [-0.4, -0.2) is 29.7 Å². The van der Waals surface area contributed by atoms with Crippen molar-refractivity contribution >= 4 is 21.5 Å². The molecule has 0 aliphatic rings. The molecule has 106 valence electrons. The van der Waals surface area contributed by atoms with Crippen LogP contribution in [0, 0.1) is 0 Å². The fraction of sp³-hybridized carbons (Fsp3) is 0.0909. The van der Waals surface area contributed by atoms with Gasteiger partial charge in [0.1, 0.15) is 10.7 Å². The number of oxime groups is 1. The first-order valence-electron chi connectivity index (χ1n) is 5.58. The van der Waals surface area contributed by atoms with Gasteiger partial charge in [0.15, 0.2) is 0 Å². The summed E-state index contributed by atoms with van der Waals surface area (Å²) in [6, 6.07) is 6.56. The fourth-order valence-corrected chi connectivity index (χ4v) is 2.50. The van der Waals surface area contributed by atoms with Gasteiger partial charge in [-0.2, -0.15) is 5.10 Å². The van der Waals surface area contributed by atoms with Crippen molar-refractivity contribution < 1.29 is 13.6 Å². The Morgan fingerprint density at radius 3 is 2.65 bits per heavy atom. The highest BCUT2D eigenvalue weighted by Gasteiger charge is 2.14. The molecular weight excluding hydrogens is 282 g/mol. The number of nitrogens with two attached hydrogens (primary N) is 1. The zero-order chi connectivity index (χ0) is 14.6. The van der Waals surface area contributed by atoms with Gasteiger partial charge in [0.05, 0.1) is 6.20 Å². The summed E-state index contributed by atoms with van der Waals surface area (Å²) in [5, 5.41) is 17.4. The molecule has 1 aromatic carbocycles. The lowest BCUT2D eigenvalue weighted by molar-refractivity contribution is 0.317. The Bertz CT molecular complexity index is 692. The smallest absolute Gasteiger partial charge is 0.265 e. The monoisotopic (exact) mass is 295 g/mol. The number of aromatic nitrogens is 2. The number of benzene rings is 1. The highest BCUT2D eigenvalue weighted by molar-refractivity contribution is 7.92. The molecule has 0 atom stereocenters. The van der Waals surface area contributed by atoms with E-state index in [4.69, 9.17) is 10.9 Å². The van der Waals surface area contributed by atoms with Crippen molar-refractivity contribution in [3.05, 3.63) is 42.2 Å². The average molecular weight is 295 g/mol. The van der Waals surface area contributed by atoms with Crippen molar-refractivity contribution in [3.63, 3.8) is 0 Å². The minimum absolute atomic E-state index is 0.0539. The van der Waals surface area contributed by atoms with Crippen LogP contribution in [0.25, 0.3) is 0 Å². The van der Waals surface area contributed by atoms with Gasteiger partial charge < -0.3 is 10.9 Å². The average Bonchev–Trinajstić information content (AvgIpc) is 2.95. The third-order valence-electron chi connectivity index (χ3n) is 2.50. The summed E-state index contributed by atoms with van der Waals surface area (Å²) in [6.45, 7) is 0.